The molecule has 0 unspecified atom stereocenters. The number of carbonyl (C=O) groups is 2. The van der Waals surface area contributed by atoms with Gasteiger partial charge in [0.25, 0.3) is 0 Å². The second-order valence-electron chi connectivity index (χ2n) is 10.3. The largest absolute Gasteiger partial charge is 0.352 e. The Morgan fingerprint density at radius 1 is 0.947 bits per heavy atom. The Bertz CT molecular complexity index is 1130. The molecule has 2 amide bonds. The second-order valence-corrected chi connectivity index (χ2v) is 12.2. The summed E-state index contributed by atoms with van der Waals surface area (Å²) in [6.45, 7) is 4.47. The van der Waals surface area contributed by atoms with Crippen molar-refractivity contribution in [3.63, 3.8) is 0 Å². The molecule has 1 fully saturated rings. The van der Waals surface area contributed by atoms with E-state index in [-0.39, 0.29) is 30.8 Å². The number of rotatable bonds is 13. The third-order valence-corrected chi connectivity index (χ3v) is 8.58. The summed E-state index contributed by atoms with van der Waals surface area (Å²) >= 11 is 0. The lowest BCUT2D eigenvalue weighted by atomic mass is 9.95. The molecule has 0 aliphatic heterocycles. The Morgan fingerprint density at radius 2 is 1.61 bits per heavy atom. The van der Waals surface area contributed by atoms with Gasteiger partial charge in [-0.2, -0.15) is 0 Å². The van der Waals surface area contributed by atoms with E-state index in [0.717, 1.165) is 43.2 Å². The number of anilines is 1. The summed E-state index contributed by atoms with van der Waals surface area (Å²) in [5.74, 6) is -0.255. The summed E-state index contributed by atoms with van der Waals surface area (Å²) < 4.78 is 26.4. The maximum absolute atomic E-state index is 13.4. The Hall–Kier alpha value is -2.87. The van der Waals surface area contributed by atoms with Crippen LogP contribution in [0.15, 0.2) is 54.6 Å². The van der Waals surface area contributed by atoms with Gasteiger partial charge in [0.15, 0.2) is 0 Å². The predicted molar refractivity (Wildman–Crippen MR) is 154 cm³/mol. The highest BCUT2D eigenvalue weighted by molar-refractivity contribution is 7.92. The van der Waals surface area contributed by atoms with E-state index in [1.807, 2.05) is 54.6 Å². The van der Waals surface area contributed by atoms with Gasteiger partial charge in [0.1, 0.15) is 6.04 Å². The van der Waals surface area contributed by atoms with Crippen LogP contribution in [0.4, 0.5) is 5.69 Å². The molecule has 0 bridgehead atoms. The quantitative estimate of drug-likeness (QED) is 0.398. The molecule has 0 aromatic heterocycles. The third-order valence-electron chi connectivity index (χ3n) is 7.39. The van der Waals surface area contributed by atoms with Crippen molar-refractivity contribution in [2.24, 2.45) is 0 Å². The highest BCUT2D eigenvalue weighted by Gasteiger charge is 2.28. The zero-order chi connectivity index (χ0) is 27.5. The summed E-state index contributed by atoms with van der Waals surface area (Å²) in [5, 5.41) is 3.16. The van der Waals surface area contributed by atoms with Crippen molar-refractivity contribution < 1.29 is 18.0 Å². The van der Waals surface area contributed by atoms with Crippen LogP contribution in [0, 0.1) is 0 Å². The van der Waals surface area contributed by atoms with Crippen LogP contribution in [-0.2, 0) is 32.5 Å². The van der Waals surface area contributed by atoms with Gasteiger partial charge in [0.05, 0.1) is 11.9 Å². The molecule has 2 aromatic rings. The number of amides is 2. The van der Waals surface area contributed by atoms with Crippen molar-refractivity contribution >= 4 is 27.5 Å². The summed E-state index contributed by atoms with van der Waals surface area (Å²) in [5.41, 5.74) is 2.83. The molecule has 1 aliphatic carbocycles. The number of nitrogens with zero attached hydrogens (tertiary/aromatic N) is 2. The van der Waals surface area contributed by atoms with Gasteiger partial charge < -0.3 is 10.2 Å². The van der Waals surface area contributed by atoms with Crippen LogP contribution in [-0.4, -0.2) is 56.6 Å². The first-order valence-electron chi connectivity index (χ1n) is 13.9. The Balaban J connectivity index is 1.66. The topological polar surface area (TPSA) is 86.8 Å². The van der Waals surface area contributed by atoms with E-state index in [2.05, 4.69) is 12.2 Å². The highest BCUT2D eigenvalue weighted by Crippen LogP contribution is 2.21. The minimum Gasteiger partial charge on any atom is -0.352 e. The average Bonchev–Trinajstić information content (AvgIpc) is 2.91. The molecular weight excluding hydrogens is 498 g/mol. The summed E-state index contributed by atoms with van der Waals surface area (Å²) in [7, 11) is -3.50. The number of hydrogen-bond acceptors (Lipinski definition) is 4. The Morgan fingerprint density at radius 3 is 2.21 bits per heavy atom. The molecule has 1 saturated carbocycles. The maximum atomic E-state index is 13.4. The van der Waals surface area contributed by atoms with Gasteiger partial charge in [-0.1, -0.05) is 68.7 Å². The minimum atomic E-state index is -3.50. The molecule has 0 saturated heterocycles. The average molecular weight is 542 g/mol. The first-order valence-corrected chi connectivity index (χ1v) is 15.7. The van der Waals surface area contributed by atoms with Gasteiger partial charge in [-0.25, -0.2) is 8.42 Å². The van der Waals surface area contributed by atoms with Gasteiger partial charge in [-0.15, -0.1) is 0 Å². The summed E-state index contributed by atoms with van der Waals surface area (Å²) in [6, 6.07) is 17.0. The van der Waals surface area contributed by atoms with E-state index in [1.54, 1.807) is 11.8 Å². The SMILES string of the molecule is CCc1ccc(N(CCCC(=O)N(CCc2ccccc2)[C@H](C)C(=O)NC2CCCCC2)S(C)(=O)=O)cc1. The number of hydrogen-bond donors (Lipinski definition) is 1. The molecule has 7 nitrogen and oxygen atoms in total. The molecular formula is C30H43N3O4S. The van der Waals surface area contributed by atoms with Gasteiger partial charge >= 0.3 is 0 Å². The summed E-state index contributed by atoms with van der Waals surface area (Å²) in [6.07, 6.45) is 8.64. The number of benzene rings is 2. The molecule has 0 radical (unpaired) electrons. The normalized spacial score (nSPS) is 15.0. The van der Waals surface area contributed by atoms with E-state index in [1.165, 1.54) is 17.0 Å². The highest BCUT2D eigenvalue weighted by atomic mass is 32.2. The number of carbonyl (C=O) groups excluding carboxylic acids is 2. The monoisotopic (exact) mass is 541 g/mol. The van der Waals surface area contributed by atoms with Gasteiger partial charge in [-0.05, 0) is 62.3 Å². The molecule has 0 heterocycles. The van der Waals surface area contributed by atoms with E-state index < -0.39 is 16.1 Å². The summed E-state index contributed by atoms with van der Waals surface area (Å²) in [4.78, 5) is 28.2. The molecule has 1 N–H and O–H groups in total. The van der Waals surface area contributed by atoms with E-state index in [4.69, 9.17) is 0 Å². The molecule has 0 spiro atoms. The lowest BCUT2D eigenvalue weighted by Crippen LogP contribution is -2.51. The molecule has 208 valence electrons. The standard InChI is InChI=1S/C30H43N3O4S/c1-4-25-17-19-28(20-18-25)33(38(3,36)37)22-11-16-29(34)32(23-21-26-12-7-5-8-13-26)24(2)30(35)31-27-14-9-6-10-15-27/h5,7-8,12-13,17-20,24,27H,4,6,9-11,14-16,21-23H2,1-3H3,(H,31,35)/t24-/m1/s1. The van der Waals surface area contributed by atoms with E-state index >= 15 is 0 Å². The van der Waals surface area contributed by atoms with Crippen molar-refractivity contribution in [1.29, 1.82) is 0 Å². The number of aryl methyl sites for hydroxylation is 1. The minimum absolute atomic E-state index is 0.118. The first-order chi connectivity index (χ1) is 18.2. The Labute approximate surface area is 228 Å². The lowest BCUT2D eigenvalue weighted by molar-refractivity contribution is -0.140. The third kappa shape index (κ3) is 8.86. The molecule has 2 aromatic carbocycles. The van der Waals surface area contributed by atoms with Crippen molar-refractivity contribution in [3.8, 4) is 0 Å². The van der Waals surface area contributed by atoms with Crippen molar-refractivity contribution in [3.05, 3.63) is 65.7 Å². The fourth-order valence-corrected chi connectivity index (χ4v) is 6.01. The smallest absolute Gasteiger partial charge is 0.242 e. The first kappa shape index (κ1) is 29.7. The van der Waals surface area contributed by atoms with Crippen LogP contribution in [0.2, 0.25) is 0 Å². The van der Waals surface area contributed by atoms with Crippen LogP contribution >= 0.6 is 0 Å². The number of nitrogens with one attached hydrogen (secondary N) is 1. The maximum Gasteiger partial charge on any atom is 0.242 e. The van der Waals surface area contributed by atoms with E-state index in [0.29, 0.717) is 25.1 Å². The second kappa shape index (κ2) is 14.3. The van der Waals surface area contributed by atoms with Crippen LogP contribution in [0.25, 0.3) is 0 Å². The van der Waals surface area contributed by atoms with Crippen molar-refractivity contribution in [1.82, 2.24) is 10.2 Å². The molecule has 1 atom stereocenters. The van der Waals surface area contributed by atoms with Gasteiger partial charge in [0.2, 0.25) is 21.8 Å². The van der Waals surface area contributed by atoms with Crippen LogP contribution < -0.4 is 9.62 Å². The molecule has 1 aliphatic rings. The molecule has 38 heavy (non-hydrogen) atoms. The zero-order valence-electron chi connectivity index (χ0n) is 23.1. The fourth-order valence-electron chi connectivity index (χ4n) is 5.04. The molecule has 3 rings (SSSR count). The zero-order valence-corrected chi connectivity index (χ0v) is 23.9. The molecule has 8 heteroatoms. The van der Waals surface area contributed by atoms with Crippen LogP contribution in [0.5, 0.6) is 0 Å². The number of sulfonamides is 1. The Kier molecular flexibility index (Phi) is 11.2. The lowest BCUT2D eigenvalue weighted by Gasteiger charge is -2.31. The fraction of sp³-hybridized carbons (Fsp3) is 0.533. The van der Waals surface area contributed by atoms with Crippen molar-refractivity contribution in [2.45, 2.75) is 83.7 Å². The van der Waals surface area contributed by atoms with Crippen LogP contribution in [0.3, 0.4) is 0 Å². The van der Waals surface area contributed by atoms with Gasteiger partial charge in [-0.3, -0.25) is 13.9 Å². The van der Waals surface area contributed by atoms with Crippen LogP contribution in [0.1, 0.15) is 69.9 Å². The predicted octanol–water partition coefficient (Wildman–Crippen LogP) is 4.70. The van der Waals surface area contributed by atoms with Gasteiger partial charge in [0, 0.05) is 25.6 Å². The van der Waals surface area contributed by atoms with E-state index in [9.17, 15) is 18.0 Å². The van der Waals surface area contributed by atoms with Crippen molar-refractivity contribution in [2.75, 3.05) is 23.7 Å².